The van der Waals surface area contributed by atoms with Crippen LogP contribution in [0.4, 0.5) is 0 Å². The van der Waals surface area contributed by atoms with E-state index in [4.69, 9.17) is 4.42 Å². The molecule has 4 nitrogen and oxygen atoms in total. The molecule has 1 aromatic heterocycles. The van der Waals surface area contributed by atoms with Crippen LogP contribution in [0.3, 0.4) is 0 Å². The van der Waals surface area contributed by atoms with E-state index in [1.165, 1.54) is 7.11 Å². The Labute approximate surface area is 93.6 Å². The molecule has 0 radical (unpaired) electrons. The van der Waals surface area contributed by atoms with Crippen molar-refractivity contribution < 1.29 is 18.7 Å². The summed E-state index contributed by atoms with van der Waals surface area (Å²) in [6.45, 7) is 1.90. The zero-order valence-corrected chi connectivity index (χ0v) is 9.46. The van der Waals surface area contributed by atoms with Crippen LogP contribution in [0.5, 0.6) is 0 Å². The van der Waals surface area contributed by atoms with Gasteiger partial charge < -0.3 is 9.15 Å². The van der Waals surface area contributed by atoms with Crippen molar-refractivity contribution in [1.29, 1.82) is 0 Å². The van der Waals surface area contributed by atoms with Crippen LogP contribution in [0.15, 0.2) is 4.42 Å². The number of hydrogen-bond donors (Lipinski definition) is 0. The number of carbonyl (C=O) groups is 2. The number of methoxy groups -OCH3 is 1. The van der Waals surface area contributed by atoms with Gasteiger partial charge in [-0.1, -0.05) is 6.92 Å². The number of rotatable bonds is 2. The summed E-state index contributed by atoms with van der Waals surface area (Å²) in [5, 5.41) is 0. The van der Waals surface area contributed by atoms with Crippen LogP contribution in [0.2, 0.25) is 0 Å². The molecule has 0 N–H and O–H groups in total. The topological polar surface area (TPSA) is 56.5 Å². The maximum absolute atomic E-state index is 11.8. The lowest BCUT2D eigenvalue weighted by Crippen LogP contribution is -2.11. The number of carbonyl (C=O) groups excluding carboxylic acids is 2. The van der Waals surface area contributed by atoms with E-state index in [9.17, 15) is 9.59 Å². The van der Waals surface area contributed by atoms with E-state index in [-0.39, 0.29) is 11.5 Å². The largest absolute Gasteiger partial charge is 0.463 e. The van der Waals surface area contributed by atoms with Crippen molar-refractivity contribution in [3.05, 3.63) is 22.6 Å². The van der Waals surface area contributed by atoms with Crippen LogP contribution in [0.25, 0.3) is 0 Å². The van der Waals surface area contributed by atoms with Gasteiger partial charge in [-0.05, 0) is 12.8 Å². The van der Waals surface area contributed by atoms with Gasteiger partial charge >= 0.3 is 5.97 Å². The van der Waals surface area contributed by atoms with Gasteiger partial charge in [-0.3, -0.25) is 4.79 Å². The first-order chi connectivity index (χ1) is 7.69. The van der Waals surface area contributed by atoms with E-state index in [0.29, 0.717) is 29.7 Å². The first-order valence-corrected chi connectivity index (χ1v) is 5.45. The van der Waals surface area contributed by atoms with Crippen LogP contribution in [0, 0.1) is 0 Å². The molecule has 0 aromatic carbocycles. The highest BCUT2D eigenvalue weighted by molar-refractivity contribution is 6.02. The molecule has 86 valence electrons. The Bertz CT molecular complexity index is 442. The molecule has 1 aliphatic carbocycles. The number of esters is 1. The zero-order chi connectivity index (χ0) is 11.7. The van der Waals surface area contributed by atoms with Gasteiger partial charge in [-0.15, -0.1) is 0 Å². The molecule has 16 heavy (non-hydrogen) atoms. The zero-order valence-electron chi connectivity index (χ0n) is 9.46. The maximum atomic E-state index is 11.8. The minimum Gasteiger partial charge on any atom is -0.463 e. The highest BCUT2D eigenvalue weighted by atomic mass is 16.5. The molecule has 0 aliphatic heterocycles. The summed E-state index contributed by atoms with van der Waals surface area (Å²) in [7, 11) is 1.31. The molecule has 0 saturated carbocycles. The number of ether oxygens (including phenoxy) is 1. The van der Waals surface area contributed by atoms with Gasteiger partial charge in [0.1, 0.15) is 5.76 Å². The van der Waals surface area contributed by atoms with Crippen LogP contribution < -0.4 is 0 Å². The molecule has 0 saturated heterocycles. The van der Waals surface area contributed by atoms with Gasteiger partial charge in [0.2, 0.25) is 5.76 Å². The second-order valence-corrected chi connectivity index (χ2v) is 3.83. The predicted octanol–water partition coefficient (Wildman–Crippen LogP) is 2.15. The molecule has 0 bridgehead atoms. The van der Waals surface area contributed by atoms with Crippen LogP contribution in [0.1, 0.15) is 52.0 Å². The number of aryl methyl sites for hydroxylation is 1. The first kappa shape index (κ1) is 10.9. The van der Waals surface area contributed by atoms with Crippen LogP contribution >= 0.6 is 0 Å². The van der Waals surface area contributed by atoms with E-state index in [2.05, 4.69) is 4.74 Å². The monoisotopic (exact) mass is 222 g/mol. The number of Topliss-reactive ketones (excluding diaryl/α,β-unsaturated/α-hetero) is 1. The van der Waals surface area contributed by atoms with Crippen molar-refractivity contribution in [2.75, 3.05) is 7.11 Å². The van der Waals surface area contributed by atoms with E-state index in [0.717, 1.165) is 12.8 Å². The van der Waals surface area contributed by atoms with Crippen molar-refractivity contribution in [1.82, 2.24) is 0 Å². The van der Waals surface area contributed by atoms with Crippen molar-refractivity contribution in [2.45, 2.75) is 32.6 Å². The molecule has 4 heteroatoms. The van der Waals surface area contributed by atoms with Crippen LogP contribution in [-0.2, 0) is 17.6 Å². The maximum Gasteiger partial charge on any atom is 0.374 e. The third-order valence-electron chi connectivity index (χ3n) is 2.89. The van der Waals surface area contributed by atoms with Crippen molar-refractivity contribution >= 4 is 11.8 Å². The highest BCUT2D eigenvalue weighted by Gasteiger charge is 2.30. The summed E-state index contributed by atoms with van der Waals surface area (Å²) in [5.74, 6) is 0.426. The van der Waals surface area contributed by atoms with Gasteiger partial charge in [-0.2, -0.15) is 0 Å². The van der Waals surface area contributed by atoms with E-state index in [1.807, 2.05) is 6.92 Å². The fourth-order valence-corrected chi connectivity index (χ4v) is 2.15. The average Bonchev–Trinajstić information content (AvgIpc) is 2.68. The van der Waals surface area contributed by atoms with Gasteiger partial charge in [-0.25, -0.2) is 4.79 Å². The molecular formula is C12H14O4. The van der Waals surface area contributed by atoms with E-state index >= 15 is 0 Å². The lowest BCUT2D eigenvalue weighted by molar-refractivity contribution is 0.0561. The second-order valence-electron chi connectivity index (χ2n) is 3.83. The summed E-state index contributed by atoms with van der Waals surface area (Å²) < 4.78 is 10.1. The average molecular weight is 222 g/mol. The normalized spacial score (nSPS) is 14.8. The summed E-state index contributed by atoms with van der Waals surface area (Å²) >= 11 is 0. The Morgan fingerprint density at radius 1 is 1.44 bits per heavy atom. The van der Waals surface area contributed by atoms with Gasteiger partial charge in [0.15, 0.2) is 5.78 Å². The molecule has 0 spiro atoms. The number of furan rings is 1. The van der Waals surface area contributed by atoms with E-state index < -0.39 is 5.97 Å². The predicted molar refractivity (Wildman–Crippen MR) is 56.7 cm³/mol. The highest BCUT2D eigenvalue weighted by Crippen LogP contribution is 2.30. The van der Waals surface area contributed by atoms with Crippen molar-refractivity contribution in [2.24, 2.45) is 0 Å². The van der Waals surface area contributed by atoms with Gasteiger partial charge in [0, 0.05) is 18.4 Å². The molecule has 0 unspecified atom stereocenters. The van der Waals surface area contributed by atoms with E-state index in [1.54, 1.807) is 0 Å². The summed E-state index contributed by atoms with van der Waals surface area (Å²) in [4.78, 5) is 23.3. The van der Waals surface area contributed by atoms with Gasteiger partial charge in [0.05, 0.1) is 12.7 Å². The van der Waals surface area contributed by atoms with Gasteiger partial charge in [0.25, 0.3) is 0 Å². The Kier molecular flexibility index (Phi) is 2.81. The molecule has 0 fully saturated rings. The quantitative estimate of drug-likeness (QED) is 0.719. The lowest BCUT2D eigenvalue weighted by atomic mass is 9.92. The molecule has 0 atom stereocenters. The van der Waals surface area contributed by atoms with Crippen molar-refractivity contribution in [3.8, 4) is 0 Å². The fourth-order valence-electron chi connectivity index (χ4n) is 2.15. The smallest absolute Gasteiger partial charge is 0.374 e. The lowest BCUT2D eigenvalue weighted by Gasteiger charge is -2.08. The number of hydrogen-bond acceptors (Lipinski definition) is 4. The fraction of sp³-hybridized carbons (Fsp3) is 0.500. The Hall–Kier alpha value is -1.58. The second kappa shape index (κ2) is 4.12. The minimum atomic E-state index is -0.501. The molecule has 1 aliphatic rings. The van der Waals surface area contributed by atoms with Crippen molar-refractivity contribution in [3.63, 3.8) is 0 Å². The molecule has 0 amide bonds. The molecule has 2 rings (SSSR count). The summed E-state index contributed by atoms with van der Waals surface area (Å²) in [5.41, 5.74) is 1.32. The summed E-state index contributed by atoms with van der Waals surface area (Å²) in [6, 6.07) is 0. The third kappa shape index (κ3) is 1.54. The third-order valence-corrected chi connectivity index (χ3v) is 2.89. The van der Waals surface area contributed by atoms with Crippen LogP contribution in [-0.4, -0.2) is 18.9 Å². The summed E-state index contributed by atoms with van der Waals surface area (Å²) in [6.07, 6.45) is 2.67. The number of ketones is 1. The molecule has 1 heterocycles. The SMILES string of the molecule is CCc1c(C(=O)OC)oc2c1C(=O)CCC2. The Morgan fingerprint density at radius 3 is 2.81 bits per heavy atom. The molecule has 1 aromatic rings. The minimum absolute atomic E-state index is 0.0806. The molecular weight excluding hydrogens is 208 g/mol. The standard InChI is InChI=1S/C12H14O4/c1-3-7-10-8(13)5-4-6-9(10)16-11(7)12(14)15-2/h3-6H2,1-2H3. The Morgan fingerprint density at radius 2 is 2.19 bits per heavy atom. The first-order valence-electron chi connectivity index (χ1n) is 5.45. The Balaban J connectivity index is 2.56. The number of fused-ring (bicyclic) bond motifs is 1.